The van der Waals surface area contributed by atoms with E-state index in [1.165, 1.54) is 85.9 Å². The van der Waals surface area contributed by atoms with Gasteiger partial charge in [-0.1, -0.05) is 103 Å². The number of aryl methyl sites for hydroxylation is 1. The molecule has 3 nitrogen and oxygen atoms in total. The summed E-state index contributed by atoms with van der Waals surface area (Å²) >= 11 is 0. The van der Waals surface area contributed by atoms with Gasteiger partial charge in [-0.05, 0) is 83.6 Å². The van der Waals surface area contributed by atoms with Crippen molar-refractivity contribution in [3.63, 3.8) is 0 Å². The van der Waals surface area contributed by atoms with Crippen LogP contribution in [0.4, 0.5) is 17.1 Å². The molecule has 0 spiro atoms. The van der Waals surface area contributed by atoms with Gasteiger partial charge in [-0.25, -0.2) is 0 Å². The average molecular weight is 657 g/mol. The van der Waals surface area contributed by atoms with Crippen molar-refractivity contribution in [2.75, 3.05) is 4.90 Å². The molecule has 0 bridgehead atoms. The summed E-state index contributed by atoms with van der Waals surface area (Å²) in [4.78, 5) is 8.04. The van der Waals surface area contributed by atoms with E-state index >= 15 is 0 Å². The van der Waals surface area contributed by atoms with Crippen LogP contribution in [0, 0.1) is 6.92 Å². The molecule has 0 saturated heterocycles. The molecule has 0 atom stereocenters. The summed E-state index contributed by atoms with van der Waals surface area (Å²) < 4.78 is 9.42. The Kier molecular flexibility index (Phi) is 5.08. The molecule has 0 radical (unpaired) electrons. The van der Waals surface area contributed by atoms with Crippen molar-refractivity contribution in [1.82, 2.24) is 4.48 Å². The minimum absolute atomic E-state index is 0.0591. The van der Waals surface area contributed by atoms with Crippen LogP contribution in [0.5, 0.6) is 0 Å². The molecule has 5 heterocycles. The molecule has 7 aromatic carbocycles. The van der Waals surface area contributed by atoms with Gasteiger partial charge < -0.3 is 13.8 Å². The SMILES string of the molecule is Cc1cc2c3c(c1)N1c4ccccc4S(c4ccccc4)(c4ccccc4)c4cccc(c41)B3n1c3oc4ccccc4c3c3cccc-2c31. The fourth-order valence-electron chi connectivity index (χ4n) is 9.46. The molecule has 5 heteroatoms. The molecule has 0 saturated carbocycles. The van der Waals surface area contributed by atoms with Gasteiger partial charge in [0.15, 0.2) is 5.71 Å². The normalized spacial score (nSPS) is 15.2. The smallest absolute Gasteiger partial charge is 0.336 e. The molecule has 12 rings (SSSR count). The van der Waals surface area contributed by atoms with Gasteiger partial charge in [0, 0.05) is 47.1 Å². The topological polar surface area (TPSA) is 21.3 Å². The minimum atomic E-state index is -1.88. The van der Waals surface area contributed by atoms with Crippen LogP contribution < -0.4 is 15.8 Å². The molecule has 0 amide bonds. The second kappa shape index (κ2) is 9.41. The fraction of sp³-hybridized carbons (Fsp3) is 0.0222. The first-order chi connectivity index (χ1) is 24.7. The van der Waals surface area contributed by atoms with Crippen LogP contribution in [0.2, 0.25) is 0 Å². The lowest BCUT2D eigenvalue weighted by molar-refractivity contribution is 0.651. The van der Waals surface area contributed by atoms with Crippen LogP contribution in [0.25, 0.3) is 44.1 Å². The zero-order chi connectivity index (χ0) is 32.7. The van der Waals surface area contributed by atoms with Crippen molar-refractivity contribution in [3.05, 3.63) is 163 Å². The third-order valence-corrected chi connectivity index (χ3v) is 15.2. The summed E-state index contributed by atoms with van der Waals surface area (Å²) in [6, 6.07) is 58.9. The highest BCUT2D eigenvalue weighted by Crippen LogP contribution is 2.79. The van der Waals surface area contributed by atoms with Crippen LogP contribution in [-0.2, 0) is 0 Å². The number of benzene rings is 7. The quantitative estimate of drug-likeness (QED) is 0.173. The van der Waals surface area contributed by atoms with Crippen LogP contribution in [-0.4, -0.2) is 11.3 Å². The monoisotopic (exact) mass is 656 g/mol. The number of rotatable bonds is 2. The average Bonchev–Trinajstić information content (AvgIpc) is 3.70. The van der Waals surface area contributed by atoms with Gasteiger partial charge in [-0.15, -0.1) is 10.0 Å². The first-order valence-corrected chi connectivity index (χ1v) is 18.9. The van der Waals surface area contributed by atoms with E-state index in [9.17, 15) is 0 Å². The Morgan fingerprint density at radius 1 is 0.580 bits per heavy atom. The van der Waals surface area contributed by atoms with Crippen molar-refractivity contribution in [1.29, 1.82) is 0 Å². The maximum atomic E-state index is 6.89. The maximum absolute atomic E-state index is 6.89. The van der Waals surface area contributed by atoms with E-state index in [0.717, 1.165) is 11.3 Å². The highest BCUT2D eigenvalue weighted by molar-refractivity contribution is 8.34. The van der Waals surface area contributed by atoms with Crippen molar-refractivity contribution in [2.45, 2.75) is 26.5 Å². The molecule has 3 aliphatic heterocycles. The molecule has 3 aliphatic rings. The number of nitrogens with zero attached hydrogens (tertiary/aromatic N) is 2. The van der Waals surface area contributed by atoms with Gasteiger partial charge in [0.2, 0.25) is 0 Å². The summed E-state index contributed by atoms with van der Waals surface area (Å²) in [5, 5.41) is 3.63. The Bertz CT molecular complexity index is 2870. The van der Waals surface area contributed by atoms with Crippen molar-refractivity contribution >= 4 is 77.8 Å². The first-order valence-electron chi connectivity index (χ1n) is 17.3. The molecule has 0 fully saturated rings. The molecule has 9 aromatic rings. The predicted octanol–water partition coefficient (Wildman–Crippen LogP) is 10.9. The van der Waals surface area contributed by atoms with Crippen molar-refractivity contribution in [2.24, 2.45) is 0 Å². The van der Waals surface area contributed by atoms with E-state index in [1.807, 2.05) is 0 Å². The Morgan fingerprint density at radius 2 is 1.26 bits per heavy atom. The van der Waals surface area contributed by atoms with Crippen molar-refractivity contribution in [3.8, 4) is 11.1 Å². The highest BCUT2D eigenvalue weighted by Gasteiger charge is 2.50. The predicted molar refractivity (Wildman–Crippen MR) is 208 cm³/mol. The lowest BCUT2D eigenvalue weighted by Gasteiger charge is -2.53. The molecular formula is C45H29BN2OS. The number of hydrogen-bond acceptors (Lipinski definition) is 2. The first kappa shape index (κ1) is 27.0. The molecule has 2 aromatic heterocycles. The molecular weight excluding hydrogens is 627 g/mol. The summed E-state index contributed by atoms with van der Waals surface area (Å²) in [7, 11) is -1.88. The Labute approximate surface area is 291 Å². The fourth-order valence-corrected chi connectivity index (χ4v) is 13.7. The minimum Gasteiger partial charge on any atom is -0.441 e. The third-order valence-electron chi connectivity index (χ3n) is 11.2. The zero-order valence-corrected chi connectivity index (χ0v) is 28.1. The molecule has 234 valence electrons. The van der Waals surface area contributed by atoms with E-state index in [0.29, 0.717) is 0 Å². The summed E-state index contributed by atoms with van der Waals surface area (Å²) in [5.74, 6) is 0. The van der Waals surface area contributed by atoms with Gasteiger partial charge in [-0.3, -0.25) is 0 Å². The third kappa shape index (κ3) is 3.07. The molecule has 0 unspecified atom stereocenters. The maximum Gasteiger partial charge on any atom is 0.336 e. The summed E-state index contributed by atoms with van der Waals surface area (Å²) in [6.45, 7) is 2.19. The van der Waals surface area contributed by atoms with Crippen LogP contribution in [0.1, 0.15) is 5.56 Å². The molecule has 0 aliphatic carbocycles. The highest BCUT2D eigenvalue weighted by atomic mass is 32.3. The molecule has 0 N–H and O–H groups in total. The van der Waals surface area contributed by atoms with E-state index in [2.05, 4.69) is 174 Å². The van der Waals surface area contributed by atoms with Crippen LogP contribution in [0.15, 0.2) is 182 Å². The summed E-state index contributed by atoms with van der Waals surface area (Å²) in [6.07, 6.45) is 0. The summed E-state index contributed by atoms with van der Waals surface area (Å²) in [5.41, 5.74) is 13.5. The number of anilines is 3. The molecule has 50 heavy (non-hydrogen) atoms. The largest absolute Gasteiger partial charge is 0.441 e. The lowest BCUT2D eigenvalue weighted by Crippen LogP contribution is -2.57. The van der Waals surface area contributed by atoms with Gasteiger partial charge in [0.25, 0.3) is 0 Å². The van der Waals surface area contributed by atoms with E-state index in [1.54, 1.807) is 0 Å². The Hall–Kier alpha value is -5.91. The van der Waals surface area contributed by atoms with E-state index < -0.39 is 10.0 Å². The lowest BCUT2D eigenvalue weighted by atomic mass is 9.45. The van der Waals surface area contributed by atoms with E-state index in [4.69, 9.17) is 4.42 Å². The van der Waals surface area contributed by atoms with Crippen LogP contribution in [0.3, 0.4) is 0 Å². The van der Waals surface area contributed by atoms with Crippen LogP contribution >= 0.6 is 10.0 Å². The number of aromatic nitrogens is 1. The second-order valence-electron chi connectivity index (χ2n) is 13.7. The van der Waals surface area contributed by atoms with Gasteiger partial charge >= 0.3 is 6.85 Å². The van der Waals surface area contributed by atoms with E-state index in [-0.39, 0.29) is 6.85 Å². The Balaban J connectivity index is 1.29. The van der Waals surface area contributed by atoms with Gasteiger partial charge in [-0.2, -0.15) is 0 Å². The zero-order valence-electron chi connectivity index (χ0n) is 27.3. The Morgan fingerprint density at radius 3 is 2.08 bits per heavy atom. The number of hydrogen-bond donors (Lipinski definition) is 0. The second-order valence-corrected chi connectivity index (χ2v) is 16.8. The number of fused-ring (bicyclic) bond motifs is 11. The number of furan rings is 1. The van der Waals surface area contributed by atoms with Gasteiger partial charge in [0.05, 0.1) is 16.8 Å². The van der Waals surface area contributed by atoms with Gasteiger partial charge in [0.1, 0.15) is 5.58 Å². The number of para-hydroxylation sites is 4. The van der Waals surface area contributed by atoms with Crippen molar-refractivity contribution < 1.29 is 4.42 Å². The standard InChI is InChI=1S/C45H29BN2OS/c1-28-26-34-31-19-12-20-33-41-32-18-8-10-23-38(32)49-45(41)48(43(31)33)46-35-21-13-25-40-44(35)47(37(27-28)42(34)46)36-22-9-11-24-39(36)50(40,29-14-4-2-5-15-29)30-16-6-3-7-17-30/h2-27H,1H3.